The van der Waals surface area contributed by atoms with E-state index in [-0.39, 0.29) is 21.6 Å². The van der Waals surface area contributed by atoms with Gasteiger partial charge < -0.3 is 5.73 Å². The van der Waals surface area contributed by atoms with Crippen LogP contribution in [0, 0.1) is 17.7 Å². The second kappa shape index (κ2) is 6.18. The number of nitrogens with two attached hydrogens (primary N) is 1. The molecule has 7 heteroatoms. The lowest BCUT2D eigenvalue weighted by molar-refractivity contribution is 0.581. The average molecular weight is 335 g/mol. The highest BCUT2D eigenvalue weighted by Crippen LogP contribution is 2.26. The van der Waals surface area contributed by atoms with E-state index in [1.165, 1.54) is 0 Å². The molecule has 0 amide bonds. The van der Waals surface area contributed by atoms with Gasteiger partial charge in [0.15, 0.2) is 0 Å². The van der Waals surface area contributed by atoms with Crippen molar-refractivity contribution in [3.8, 4) is 11.8 Å². The summed E-state index contributed by atoms with van der Waals surface area (Å²) in [5.41, 5.74) is 5.14. The molecule has 18 heavy (non-hydrogen) atoms. The van der Waals surface area contributed by atoms with Crippen LogP contribution in [0.4, 0.5) is 10.1 Å². The van der Waals surface area contributed by atoms with Crippen molar-refractivity contribution in [3.63, 3.8) is 0 Å². The Labute approximate surface area is 114 Å². The maximum atomic E-state index is 13.1. The summed E-state index contributed by atoms with van der Waals surface area (Å²) in [5.74, 6) is 4.72. The van der Waals surface area contributed by atoms with Gasteiger partial charge in [0.05, 0.1) is 10.6 Å². The van der Waals surface area contributed by atoms with Crippen LogP contribution < -0.4 is 10.5 Å². The Bertz CT molecular complexity index is 605. The van der Waals surface area contributed by atoms with Gasteiger partial charge in [-0.05, 0) is 35.0 Å². The molecule has 0 aliphatic rings. The number of hydrogen-bond acceptors (Lipinski definition) is 3. The number of hydrogen-bond donors (Lipinski definition) is 2. The second-order valence-electron chi connectivity index (χ2n) is 3.38. The smallest absolute Gasteiger partial charge is 0.241 e. The van der Waals surface area contributed by atoms with E-state index in [0.29, 0.717) is 6.42 Å². The van der Waals surface area contributed by atoms with Crippen molar-refractivity contribution in [1.29, 1.82) is 0 Å². The fourth-order valence-electron chi connectivity index (χ4n) is 1.20. The van der Waals surface area contributed by atoms with Crippen molar-refractivity contribution in [3.05, 3.63) is 22.4 Å². The number of anilines is 1. The average Bonchev–Trinajstić information content (AvgIpc) is 2.29. The van der Waals surface area contributed by atoms with E-state index in [9.17, 15) is 12.8 Å². The Balaban J connectivity index is 2.97. The summed E-state index contributed by atoms with van der Waals surface area (Å²) in [6.45, 7) is 1.86. The number of sulfonamides is 1. The predicted octanol–water partition coefficient (Wildman–Crippen LogP) is 1.86. The van der Waals surface area contributed by atoms with Crippen molar-refractivity contribution < 1.29 is 12.8 Å². The summed E-state index contributed by atoms with van der Waals surface area (Å²) in [7, 11) is -3.72. The minimum Gasteiger partial charge on any atom is -0.396 e. The Morgan fingerprint density at radius 3 is 2.78 bits per heavy atom. The first-order valence-electron chi connectivity index (χ1n) is 5.02. The standard InChI is InChI=1S/C11H12BrFN2O2S/c1-2-3-4-5-15-18(16,17)11-7-10(14)9(13)6-8(11)12/h6-7,15H,4-5,14H2,1H3. The third-order valence-electron chi connectivity index (χ3n) is 2.06. The number of rotatable bonds is 4. The van der Waals surface area contributed by atoms with Gasteiger partial charge in [-0.1, -0.05) is 0 Å². The van der Waals surface area contributed by atoms with Crippen molar-refractivity contribution in [2.24, 2.45) is 0 Å². The van der Waals surface area contributed by atoms with Crippen molar-refractivity contribution >= 4 is 31.6 Å². The lowest BCUT2D eigenvalue weighted by Gasteiger charge is -2.08. The first-order valence-corrected chi connectivity index (χ1v) is 7.30. The summed E-state index contributed by atoms with van der Waals surface area (Å²) in [4.78, 5) is -0.0918. The van der Waals surface area contributed by atoms with Gasteiger partial charge in [-0.2, -0.15) is 0 Å². The molecular weight excluding hydrogens is 323 g/mol. The minimum atomic E-state index is -3.72. The van der Waals surface area contributed by atoms with Gasteiger partial charge in [0.1, 0.15) is 5.82 Å². The fraction of sp³-hybridized carbons (Fsp3) is 0.273. The monoisotopic (exact) mass is 334 g/mol. The van der Waals surface area contributed by atoms with Gasteiger partial charge in [-0.25, -0.2) is 17.5 Å². The first kappa shape index (κ1) is 15.0. The van der Waals surface area contributed by atoms with Crippen LogP contribution in [0.15, 0.2) is 21.5 Å². The molecule has 4 nitrogen and oxygen atoms in total. The molecule has 1 aromatic carbocycles. The van der Waals surface area contributed by atoms with Crippen molar-refractivity contribution in [2.75, 3.05) is 12.3 Å². The SMILES string of the molecule is CC#CCCNS(=O)(=O)c1cc(N)c(F)cc1Br. The summed E-state index contributed by atoms with van der Waals surface area (Å²) in [5, 5.41) is 0. The minimum absolute atomic E-state index is 0.0918. The molecule has 0 unspecified atom stereocenters. The molecule has 0 atom stereocenters. The molecule has 0 saturated carbocycles. The molecule has 0 radical (unpaired) electrons. The number of halogens is 2. The Morgan fingerprint density at radius 2 is 2.17 bits per heavy atom. The number of nitrogens with one attached hydrogen (secondary N) is 1. The molecule has 1 rings (SSSR count). The van der Waals surface area contributed by atoms with Crippen LogP contribution in [0.3, 0.4) is 0 Å². The molecule has 3 N–H and O–H groups in total. The highest BCUT2D eigenvalue weighted by atomic mass is 79.9. The van der Waals surface area contributed by atoms with Crippen LogP contribution in [-0.2, 0) is 10.0 Å². The van der Waals surface area contributed by atoms with E-state index in [2.05, 4.69) is 32.5 Å². The zero-order valence-electron chi connectivity index (χ0n) is 9.63. The van der Waals surface area contributed by atoms with Crippen LogP contribution in [0.5, 0.6) is 0 Å². The van der Waals surface area contributed by atoms with E-state index < -0.39 is 15.8 Å². The Morgan fingerprint density at radius 1 is 1.50 bits per heavy atom. The van der Waals surface area contributed by atoms with Crippen LogP contribution in [0.25, 0.3) is 0 Å². The largest absolute Gasteiger partial charge is 0.396 e. The van der Waals surface area contributed by atoms with Gasteiger partial charge in [0.2, 0.25) is 10.0 Å². The second-order valence-corrected chi connectivity index (χ2v) is 5.97. The van der Waals surface area contributed by atoms with Gasteiger partial charge in [-0.3, -0.25) is 0 Å². The molecule has 0 aliphatic carbocycles. The highest BCUT2D eigenvalue weighted by molar-refractivity contribution is 9.10. The van der Waals surface area contributed by atoms with Crippen LogP contribution >= 0.6 is 15.9 Å². The Hall–Kier alpha value is -1.10. The normalized spacial score (nSPS) is 10.8. The zero-order chi connectivity index (χ0) is 13.8. The molecule has 0 heterocycles. The van der Waals surface area contributed by atoms with Gasteiger partial charge in [-0.15, -0.1) is 11.8 Å². The van der Waals surface area contributed by atoms with Crippen molar-refractivity contribution in [2.45, 2.75) is 18.2 Å². The lowest BCUT2D eigenvalue weighted by atomic mass is 10.3. The number of nitrogen functional groups attached to an aromatic ring is 1. The number of benzene rings is 1. The van der Waals surface area contributed by atoms with Gasteiger partial charge >= 0.3 is 0 Å². The third kappa shape index (κ3) is 3.70. The molecule has 0 fully saturated rings. The quantitative estimate of drug-likeness (QED) is 0.501. The van der Waals surface area contributed by atoms with E-state index in [1.807, 2.05) is 0 Å². The molecular formula is C11H12BrFN2O2S. The summed E-state index contributed by atoms with van der Waals surface area (Å²) in [6.07, 6.45) is 0.407. The van der Waals surface area contributed by atoms with E-state index in [1.54, 1.807) is 6.92 Å². The molecule has 98 valence electrons. The van der Waals surface area contributed by atoms with E-state index in [0.717, 1.165) is 12.1 Å². The predicted molar refractivity (Wildman–Crippen MR) is 71.8 cm³/mol. The van der Waals surface area contributed by atoms with Gasteiger partial charge in [0, 0.05) is 17.4 Å². The molecule has 0 aliphatic heterocycles. The van der Waals surface area contributed by atoms with Crippen LogP contribution in [0.1, 0.15) is 13.3 Å². The summed E-state index contributed by atoms with van der Waals surface area (Å²) < 4.78 is 39.4. The van der Waals surface area contributed by atoms with Crippen LogP contribution in [0.2, 0.25) is 0 Å². The molecule has 0 aromatic heterocycles. The molecule has 0 saturated heterocycles. The molecule has 0 bridgehead atoms. The lowest BCUT2D eigenvalue weighted by Crippen LogP contribution is -2.25. The maximum Gasteiger partial charge on any atom is 0.241 e. The Kier molecular flexibility index (Phi) is 5.14. The fourth-order valence-corrected chi connectivity index (χ4v) is 3.28. The topological polar surface area (TPSA) is 72.2 Å². The van der Waals surface area contributed by atoms with E-state index in [4.69, 9.17) is 5.73 Å². The van der Waals surface area contributed by atoms with Crippen molar-refractivity contribution in [1.82, 2.24) is 4.72 Å². The van der Waals surface area contributed by atoms with Crippen LogP contribution in [-0.4, -0.2) is 15.0 Å². The summed E-state index contributed by atoms with van der Waals surface area (Å²) >= 11 is 3.00. The third-order valence-corrected chi connectivity index (χ3v) is 4.48. The summed E-state index contributed by atoms with van der Waals surface area (Å²) in [6, 6.07) is 2.10. The highest BCUT2D eigenvalue weighted by Gasteiger charge is 2.19. The first-order chi connectivity index (χ1) is 8.38. The zero-order valence-corrected chi connectivity index (χ0v) is 12.0. The molecule has 0 spiro atoms. The maximum absolute atomic E-state index is 13.1. The van der Waals surface area contributed by atoms with E-state index >= 15 is 0 Å². The molecule has 1 aromatic rings. The van der Waals surface area contributed by atoms with Gasteiger partial charge in [0.25, 0.3) is 0 Å².